The molecule has 7 nitrogen and oxygen atoms in total. The van der Waals surface area contributed by atoms with Crippen LogP contribution >= 0.6 is 0 Å². The average molecular weight is 252 g/mol. The van der Waals surface area contributed by atoms with Crippen LogP contribution < -0.4 is 10.6 Å². The molecule has 1 aliphatic rings. The minimum Gasteiger partial charge on any atom is -0.474 e. The average Bonchev–Trinajstić information content (AvgIpc) is 3.11. The van der Waals surface area contributed by atoms with Crippen molar-refractivity contribution in [3.63, 3.8) is 0 Å². The van der Waals surface area contributed by atoms with E-state index in [1.807, 2.05) is 5.32 Å². The summed E-state index contributed by atoms with van der Waals surface area (Å²) in [6.07, 6.45) is 5.33. The fraction of sp³-hybridized carbons (Fsp3) is 0.455. The lowest BCUT2D eigenvalue weighted by Crippen LogP contribution is -2.37. The Morgan fingerprint density at radius 1 is 1.50 bits per heavy atom. The van der Waals surface area contributed by atoms with Gasteiger partial charge in [0.15, 0.2) is 0 Å². The van der Waals surface area contributed by atoms with Crippen LogP contribution in [0.4, 0.5) is 0 Å². The third-order valence-corrected chi connectivity index (χ3v) is 2.35. The second kappa shape index (κ2) is 6.53. The number of nitrogens with zero attached hydrogens (tertiary/aromatic N) is 1. The number of carbonyl (C=O) groups excluding carboxylic acids is 1. The van der Waals surface area contributed by atoms with Crippen molar-refractivity contribution < 1.29 is 14.7 Å². The van der Waals surface area contributed by atoms with Gasteiger partial charge in [-0.3, -0.25) is 15.2 Å². The van der Waals surface area contributed by atoms with Gasteiger partial charge in [0.1, 0.15) is 5.84 Å². The third-order valence-electron chi connectivity index (χ3n) is 2.35. The maximum Gasteiger partial charge on any atom is 0.394 e. The van der Waals surface area contributed by atoms with Gasteiger partial charge in [0, 0.05) is 26.0 Å². The highest BCUT2D eigenvalue weighted by molar-refractivity contribution is 6.36. The molecule has 0 heterocycles. The van der Waals surface area contributed by atoms with E-state index in [2.05, 4.69) is 10.3 Å². The molecule has 0 aliphatic heterocycles. The van der Waals surface area contributed by atoms with E-state index >= 15 is 0 Å². The van der Waals surface area contributed by atoms with Crippen LogP contribution in [0.25, 0.3) is 0 Å². The summed E-state index contributed by atoms with van der Waals surface area (Å²) < 4.78 is 0. The number of carboxylic acids is 1. The molecule has 0 aromatic rings. The number of carbonyl (C=O) groups is 2. The largest absolute Gasteiger partial charge is 0.474 e. The van der Waals surface area contributed by atoms with Crippen LogP contribution in [0, 0.1) is 11.3 Å². The van der Waals surface area contributed by atoms with Crippen LogP contribution in [0.1, 0.15) is 12.8 Å². The molecule has 0 radical (unpaired) electrons. The maximum atomic E-state index is 10.9. The maximum absolute atomic E-state index is 10.9. The fourth-order valence-corrected chi connectivity index (χ4v) is 1.21. The van der Waals surface area contributed by atoms with E-state index in [4.69, 9.17) is 10.5 Å². The van der Waals surface area contributed by atoms with Gasteiger partial charge in [0.2, 0.25) is 0 Å². The van der Waals surface area contributed by atoms with E-state index in [0.29, 0.717) is 11.5 Å². The highest BCUT2D eigenvalue weighted by atomic mass is 16.4. The highest BCUT2D eigenvalue weighted by Crippen LogP contribution is 2.27. The van der Waals surface area contributed by atoms with Crippen LogP contribution in [0.15, 0.2) is 16.8 Å². The molecule has 1 amide bonds. The standard InChI is InChI=1S/C11H16N4O3/c1-13-5-8(6-14-4-7-2-3-7)9(12)15-10(16)11(17)18/h5-7,14H,2-4H2,1H3,(H,17,18)(H2,12,15,16)/b8-6+,13-5?. The fourth-order valence-electron chi connectivity index (χ4n) is 1.21. The van der Waals surface area contributed by atoms with Crippen LogP contribution in [-0.4, -0.2) is 42.6 Å². The molecule has 1 aliphatic carbocycles. The lowest BCUT2D eigenvalue weighted by Gasteiger charge is -2.06. The molecule has 0 bridgehead atoms. The van der Waals surface area contributed by atoms with Crippen LogP contribution in [-0.2, 0) is 9.59 Å². The summed E-state index contributed by atoms with van der Waals surface area (Å²) in [5.74, 6) is -2.49. The summed E-state index contributed by atoms with van der Waals surface area (Å²) in [5, 5.41) is 21.0. The molecule has 0 atom stereocenters. The molecular formula is C11H16N4O3. The van der Waals surface area contributed by atoms with Crippen molar-refractivity contribution in [3.05, 3.63) is 11.8 Å². The zero-order chi connectivity index (χ0) is 13.5. The smallest absolute Gasteiger partial charge is 0.394 e. The van der Waals surface area contributed by atoms with E-state index in [1.165, 1.54) is 26.1 Å². The van der Waals surface area contributed by atoms with E-state index in [9.17, 15) is 9.59 Å². The first-order valence-electron chi connectivity index (χ1n) is 5.53. The lowest BCUT2D eigenvalue weighted by molar-refractivity contribution is -0.149. The van der Waals surface area contributed by atoms with Crippen molar-refractivity contribution >= 4 is 23.9 Å². The first-order chi connectivity index (χ1) is 8.54. The monoisotopic (exact) mass is 252 g/mol. The van der Waals surface area contributed by atoms with Crippen molar-refractivity contribution in [1.29, 1.82) is 5.41 Å². The van der Waals surface area contributed by atoms with Crippen molar-refractivity contribution in [3.8, 4) is 0 Å². The molecule has 98 valence electrons. The van der Waals surface area contributed by atoms with Crippen molar-refractivity contribution in [2.45, 2.75) is 12.8 Å². The Bertz CT molecular complexity index is 411. The van der Waals surface area contributed by atoms with E-state index in [0.717, 1.165) is 6.54 Å². The SMILES string of the molecule is CN=C/C(=C\NCC1CC1)C(=N)NC(=O)C(=O)O. The number of amidine groups is 1. The zero-order valence-electron chi connectivity index (χ0n) is 10.1. The second-order valence-corrected chi connectivity index (χ2v) is 3.97. The molecule has 1 rings (SSSR count). The normalized spacial score (nSPS) is 15.5. The minimum absolute atomic E-state index is 0.295. The number of nitrogens with one attached hydrogen (secondary N) is 3. The van der Waals surface area contributed by atoms with Gasteiger partial charge < -0.3 is 15.7 Å². The zero-order valence-corrected chi connectivity index (χ0v) is 10.1. The molecular weight excluding hydrogens is 236 g/mol. The Hall–Kier alpha value is -2.18. The van der Waals surface area contributed by atoms with Gasteiger partial charge in [-0.05, 0) is 18.8 Å². The predicted octanol–water partition coefficient (Wildman–Crippen LogP) is -0.251. The van der Waals surface area contributed by atoms with Gasteiger partial charge in [-0.2, -0.15) is 0 Å². The Morgan fingerprint density at radius 2 is 2.17 bits per heavy atom. The number of hydrogen-bond donors (Lipinski definition) is 4. The van der Waals surface area contributed by atoms with Crippen molar-refractivity contribution in [2.75, 3.05) is 13.6 Å². The molecule has 0 aromatic heterocycles. The summed E-state index contributed by atoms with van der Waals surface area (Å²) in [4.78, 5) is 25.0. The Kier molecular flexibility index (Phi) is 5.04. The van der Waals surface area contributed by atoms with E-state index in [-0.39, 0.29) is 5.84 Å². The Morgan fingerprint density at radius 3 is 2.67 bits per heavy atom. The molecule has 1 fully saturated rings. The van der Waals surface area contributed by atoms with Gasteiger partial charge in [0.05, 0.1) is 5.57 Å². The molecule has 18 heavy (non-hydrogen) atoms. The summed E-state index contributed by atoms with van der Waals surface area (Å²) in [6.45, 7) is 0.807. The first kappa shape index (κ1) is 13.9. The molecule has 1 saturated carbocycles. The van der Waals surface area contributed by atoms with Gasteiger partial charge in [-0.1, -0.05) is 0 Å². The number of aliphatic carboxylic acids is 1. The van der Waals surface area contributed by atoms with Crippen LogP contribution in [0.2, 0.25) is 0 Å². The molecule has 0 spiro atoms. The third kappa shape index (κ3) is 4.77. The van der Waals surface area contributed by atoms with E-state index < -0.39 is 11.9 Å². The van der Waals surface area contributed by atoms with Gasteiger partial charge in [-0.15, -0.1) is 0 Å². The molecule has 0 unspecified atom stereocenters. The Balaban J connectivity index is 2.55. The van der Waals surface area contributed by atoms with Gasteiger partial charge in [-0.25, -0.2) is 4.79 Å². The predicted molar refractivity (Wildman–Crippen MR) is 66.7 cm³/mol. The Labute approximate surface area is 104 Å². The molecule has 4 N–H and O–H groups in total. The van der Waals surface area contributed by atoms with Crippen molar-refractivity contribution in [1.82, 2.24) is 10.6 Å². The molecule has 0 aromatic carbocycles. The molecule has 7 heteroatoms. The van der Waals surface area contributed by atoms with Gasteiger partial charge >= 0.3 is 11.9 Å². The van der Waals surface area contributed by atoms with E-state index in [1.54, 1.807) is 6.20 Å². The number of amides is 1. The van der Waals surface area contributed by atoms with Gasteiger partial charge in [0.25, 0.3) is 0 Å². The lowest BCUT2D eigenvalue weighted by atomic mass is 10.2. The van der Waals surface area contributed by atoms with Crippen LogP contribution in [0.5, 0.6) is 0 Å². The number of aliphatic imine (C=N–C) groups is 1. The number of hydrogen-bond acceptors (Lipinski definition) is 5. The van der Waals surface area contributed by atoms with Crippen molar-refractivity contribution in [2.24, 2.45) is 10.9 Å². The second-order valence-electron chi connectivity index (χ2n) is 3.97. The minimum atomic E-state index is -1.63. The summed E-state index contributed by atoms with van der Waals surface area (Å²) in [6, 6.07) is 0. The first-order valence-corrected chi connectivity index (χ1v) is 5.53. The highest BCUT2D eigenvalue weighted by Gasteiger charge is 2.20. The number of carboxylic acid groups (broad SMARTS) is 1. The molecule has 0 saturated heterocycles. The quantitative estimate of drug-likeness (QED) is 0.307. The topological polar surface area (TPSA) is 115 Å². The van der Waals surface area contributed by atoms with Crippen LogP contribution in [0.3, 0.4) is 0 Å². The summed E-state index contributed by atoms with van der Waals surface area (Å²) in [7, 11) is 1.53. The number of rotatable bonds is 5. The summed E-state index contributed by atoms with van der Waals surface area (Å²) in [5.41, 5.74) is 0.327. The summed E-state index contributed by atoms with van der Waals surface area (Å²) >= 11 is 0.